The summed E-state index contributed by atoms with van der Waals surface area (Å²) in [4.78, 5) is 14.4. The molecular formula is C22H34N4O5S. The molecule has 1 aliphatic carbocycles. The van der Waals surface area contributed by atoms with Gasteiger partial charge in [-0.2, -0.15) is 17.0 Å². The maximum absolute atomic E-state index is 13.0. The number of hydrogen-bond acceptors (Lipinski definition) is 6. The summed E-state index contributed by atoms with van der Waals surface area (Å²) >= 11 is 0. The van der Waals surface area contributed by atoms with Gasteiger partial charge in [-0.1, -0.05) is 31.4 Å². The molecule has 32 heavy (non-hydrogen) atoms. The number of benzene rings is 1. The smallest absolute Gasteiger partial charge is 0.282 e. The van der Waals surface area contributed by atoms with Crippen LogP contribution >= 0.6 is 0 Å². The van der Waals surface area contributed by atoms with Crippen LogP contribution in [-0.4, -0.2) is 92.9 Å². The van der Waals surface area contributed by atoms with Crippen LogP contribution in [-0.2, 0) is 15.0 Å². The lowest BCUT2D eigenvalue weighted by Gasteiger charge is -2.38. The molecule has 0 bridgehead atoms. The normalized spacial score (nSPS) is 23.2. The molecular weight excluding hydrogens is 432 g/mol. The molecule has 1 aromatic carbocycles. The lowest BCUT2D eigenvalue weighted by molar-refractivity contribution is -0.123. The largest absolute Gasteiger partial charge is 0.486 e. The molecule has 9 nitrogen and oxygen atoms in total. The standard InChI is InChI=1S/C22H34N4O5S/c1-24(18-7-3-2-4-8-18)32(28,29)26-13-11-25(12-14-26)16-22(27)23-15-19-17-30-20-9-5-6-10-21(20)31-19/h5-6,9-10,18-19H,2-4,7-8,11-17H2,1H3,(H,23,27). The average Bonchev–Trinajstić information content (AvgIpc) is 2.83. The number of ether oxygens (including phenoxy) is 2. The summed E-state index contributed by atoms with van der Waals surface area (Å²) in [5.41, 5.74) is 0. The van der Waals surface area contributed by atoms with Crippen LogP contribution in [0.5, 0.6) is 11.5 Å². The predicted octanol–water partition coefficient (Wildman–Crippen LogP) is 1.07. The van der Waals surface area contributed by atoms with Crippen molar-refractivity contribution in [1.82, 2.24) is 18.8 Å². The van der Waals surface area contributed by atoms with Gasteiger partial charge in [-0.05, 0) is 25.0 Å². The molecule has 1 amide bonds. The van der Waals surface area contributed by atoms with E-state index >= 15 is 0 Å². The number of fused-ring (bicyclic) bond motifs is 1. The Morgan fingerprint density at radius 1 is 1.09 bits per heavy atom. The van der Waals surface area contributed by atoms with Crippen molar-refractivity contribution in [1.29, 1.82) is 0 Å². The molecule has 0 spiro atoms. The molecule has 1 aromatic rings. The first-order valence-electron chi connectivity index (χ1n) is 11.5. The Balaban J connectivity index is 1.19. The van der Waals surface area contributed by atoms with Crippen LogP contribution in [0.4, 0.5) is 0 Å². The van der Waals surface area contributed by atoms with Crippen LogP contribution in [0.3, 0.4) is 0 Å². The highest BCUT2D eigenvalue weighted by Gasteiger charge is 2.34. The minimum atomic E-state index is -3.45. The number of carbonyl (C=O) groups is 1. The molecule has 1 saturated heterocycles. The van der Waals surface area contributed by atoms with E-state index in [1.54, 1.807) is 15.7 Å². The summed E-state index contributed by atoms with van der Waals surface area (Å²) in [5, 5.41) is 2.91. The second-order valence-corrected chi connectivity index (χ2v) is 10.8. The first-order valence-corrected chi connectivity index (χ1v) is 12.9. The highest BCUT2D eigenvalue weighted by molar-refractivity contribution is 7.86. The molecule has 1 saturated carbocycles. The Bertz CT molecular complexity index is 882. The van der Waals surface area contributed by atoms with Gasteiger partial charge < -0.3 is 14.8 Å². The maximum Gasteiger partial charge on any atom is 0.282 e. The van der Waals surface area contributed by atoms with Gasteiger partial charge in [0.15, 0.2) is 11.5 Å². The quantitative estimate of drug-likeness (QED) is 0.647. The molecule has 1 atom stereocenters. The lowest BCUT2D eigenvalue weighted by Crippen LogP contribution is -2.55. The first-order chi connectivity index (χ1) is 15.4. The lowest BCUT2D eigenvalue weighted by atomic mass is 9.96. The van der Waals surface area contributed by atoms with Crippen LogP contribution in [0.25, 0.3) is 0 Å². The molecule has 1 N–H and O–H groups in total. The number of rotatable bonds is 7. The van der Waals surface area contributed by atoms with Crippen LogP contribution < -0.4 is 14.8 Å². The van der Waals surface area contributed by atoms with Crippen molar-refractivity contribution in [2.75, 3.05) is 52.9 Å². The minimum Gasteiger partial charge on any atom is -0.486 e. The summed E-state index contributed by atoms with van der Waals surface area (Å²) in [6.45, 7) is 2.90. The Kier molecular flexibility index (Phi) is 7.55. The van der Waals surface area contributed by atoms with E-state index in [4.69, 9.17) is 9.47 Å². The van der Waals surface area contributed by atoms with E-state index in [1.807, 2.05) is 29.2 Å². The topological polar surface area (TPSA) is 91.4 Å². The molecule has 2 fully saturated rings. The van der Waals surface area contributed by atoms with Gasteiger partial charge >= 0.3 is 0 Å². The summed E-state index contributed by atoms with van der Waals surface area (Å²) in [7, 11) is -1.74. The summed E-state index contributed by atoms with van der Waals surface area (Å²) in [6.07, 6.45) is 5.04. The van der Waals surface area contributed by atoms with Crippen LogP contribution in [0, 0.1) is 0 Å². The van der Waals surface area contributed by atoms with Crippen molar-refractivity contribution >= 4 is 16.1 Å². The third-order valence-corrected chi connectivity index (χ3v) is 8.62. The van der Waals surface area contributed by atoms with Gasteiger partial charge in [0.2, 0.25) is 5.91 Å². The first kappa shape index (κ1) is 23.3. The molecule has 2 heterocycles. The number of piperazine rings is 1. The number of nitrogens with zero attached hydrogens (tertiary/aromatic N) is 3. The van der Waals surface area contributed by atoms with E-state index in [-0.39, 0.29) is 24.6 Å². The molecule has 0 aromatic heterocycles. The maximum atomic E-state index is 13.0. The number of amides is 1. The zero-order valence-electron chi connectivity index (χ0n) is 18.7. The second kappa shape index (κ2) is 10.4. The average molecular weight is 467 g/mol. The van der Waals surface area contributed by atoms with Crippen LogP contribution in [0.1, 0.15) is 32.1 Å². The number of nitrogens with one attached hydrogen (secondary N) is 1. The van der Waals surface area contributed by atoms with Crippen molar-refractivity contribution < 1.29 is 22.7 Å². The van der Waals surface area contributed by atoms with Gasteiger partial charge in [0, 0.05) is 39.3 Å². The molecule has 0 radical (unpaired) electrons. The van der Waals surface area contributed by atoms with Crippen molar-refractivity contribution in [3.05, 3.63) is 24.3 Å². The van der Waals surface area contributed by atoms with Crippen LogP contribution in [0.15, 0.2) is 24.3 Å². The highest BCUT2D eigenvalue weighted by Crippen LogP contribution is 2.30. The van der Waals surface area contributed by atoms with E-state index in [0.29, 0.717) is 45.1 Å². The fourth-order valence-corrected chi connectivity index (χ4v) is 6.16. The number of para-hydroxylation sites is 2. The monoisotopic (exact) mass is 466 g/mol. The van der Waals surface area contributed by atoms with Gasteiger partial charge in [-0.25, -0.2) is 0 Å². The fourth-order valence-electron chi connectivity index (χ4n) is 4.58. The van der Waals surface area contributed by atoms with Crippen molar-refractivity contribution in [2.24, 2.45) is 0 Å². The predicted molar refractivity (Wildman–Crippen MR) is 121 cm³/mol. The molecule has 178 valence electrons. The van der Waals surface area contributed by atoms with Crippen LogP contribution in [0.2, 0.25) is 0 Å². The summed E-state index contributed by atoms with van der Waals surface area (Å²) in [6, 6.07) is 7.59. The van der Waals surface area contributed by atoms with E-state index in [1.165, 1.54) is 6.42 Å². The Morgan fingerprint density at radius 3 is 2.50 bits per heavy atom. The molecule has 3 aliphatic rings. The summed E-state index contributed by atoms with van der Waals surface area (Å²) < 4.78 is 40.7. The molecule has 10 heteroatoms. The van der Waals surface area contributed by atoms with E-state index in [0.717, 1.165) is 31.4 Å². The Labute approximate surface area is 190 Å². The zero-order chi connectivity index (χ0) is 22.6. The van der Waals surface area contributed by atoms with Crippen molar-refractivity contribution in [3.63, 3.8) is 0 Å². The SMILES string of the molecule is CN(C1CCCCC1)S(=O)(=O)N1CCN(CC(=O)NCC2COc3ccccc3O2)CC1. The number of hydrogen-bond donors (Lipinski definition) is 1. The van der Waals surface area contributed by atoms with E-state index in [2.05, 4.69) is 5.32 Å². The second-order valence-electron chi connectivity index (χ2n) is 8.79. The third kappa shape index (κ3) is 5.54. The van der Waals surface area contributed by atoms with Gasteiger partial charge in [-0.3, -0.25) is 9.69 Å². The molecule has 1 unspecified atom stereocenters. The van der Waals surface area contributed by atoms with Crippen molar-refractivity contribution in [3.8, 4) is 11.5 Å². The van der Waals surface area contributed by atoms with Gasteiger partial charge in [0.25, 0.3) is 10.2 Å². The van der Waals surface area contributed by atoms with E-state index in [9.17, 15) is 13.2 Å². The zero-order valence-corrected chi connectivity index (χ0v) is 19.6. The third-order valence-electron chi connectivity index (χ3n) is 6.57. The van der Waals surface area contributed by atoms with Gasteiger partial charge in [-0.15, -0.1) is 0 Å². The minimum absolute atomic E-state index is 0.0944. The Morgan fingerprint density at radius 2 is 1.78 bits per heavy atom. The summed E-state index contributed by atoms with van der Waals surface area (Å²) in [5.74, 6) is 1.31. The molecule has 4 rings (SSSR count). The fraction of sp³-hybridized carbons (Fsp3) is 0.682. The number of carbonyl (C=O) groups excluding carboxylic acids is 1. The molecule has 2 aliphatic heterocycles. The van der Waals surface area contributed by atoms with Gasteiger partial charge in [0.05, 0.1) is 13.1 Å². The highest BCUT2D eigenvalue weighted by atomic mass is 32.2. The Hall–Kier alpha value is -1.88. The van der Waals surface area contributed by atoms with Gasteiger partial charge in [0.1, 0.15) is 12.7 Å². The van der Waals surface area contributed by atoms with Crippen molar-refractivity contribution in [2.45, 2.75) is 44.2 Å². The van der Waals surface area contributed by atoms with E-state index < -0.39 is 10.2 Å².